The van der Waals surface area contributed by atoms with Gasteiger partial charge in [-0.3, -0.25) is 14.8 Å². The average Bonchev–Trinajstić information content (AvgIpc) is 3.26. The smallest absolute Gasteiger partial charge is 0.271 e. The van der Waals surface area contributed by atoms with Crippen LogP contribution in [-0.4, -0.2) is 59.2 Å². The van der Waals surface area contributed by atoms with Crippen molar-refractivity contribution in [1.29, 1.82) is 0 Å². The van der Waals surface area contributed by atoms with Crippen molar-refractivity contribution in [3.63, 3.8) is 0 Å². The number of hydrogen-bond acceptors (Lipinski definition) is 4. The molecule has 2 aromatic carbocycles. The van der Waals surface area contributed by atoms with Gasteiger partial charge < -0.3 is 9.64 Å². The predicted octanol–water partition coefficient (Wildman–Crippen LogP) is 3.70. The molecule has 6 nitrogen and oxygen atoms in total. The lowest BCUT2D eigenvalue weighted by Gasteiger charge is -2.34. The van der Waals surface area contributed by atoms with Gasteiger partial charge in [0.2, 0.25) is 0 Å². The number of ether oxygens (including phenoxy) is 1. The molecule has 1 amide bonds. The Balaban J connectivity index is 1.36. The quantitative estimate of drug-likeness (QED) is 0.696. The number of carbonyl (C=O) groups excluding carboxylic acids is 1. The first-order valence-electron chi connectivity index (χ1n) is 9.59. The molecule has 0 radical (unpaired) electrons. The van der Waals surface area contributed by atoms with Crippen molar-refractivity contribution in [3.05, 3.63) is 70.9 Å². The van der Waals surface area contributed by atoms with E-state index in [4.69, 9.17) is 16.3 Å². The van der Waals surface area contributed by atoms with Gasteiger partial charge >= 0.3 is 0 Å². The molecule has 1 aromatic heterocycles. The van der Waals surface area contributed by atoms with Crippen LogP contribution in [-0.2, 0) is 6.54 Å². The number of hydrogen-bond donors (Lipinski definition) is 1. The zero-order valence-electron chi connectivity index (χ0n) is 16.3. The Bertz CT molecular complexity index is 978. The fourth-order valence-electron chi connectivity index (χ4n) is 3.49. The summed E-state index contributed by atoms with van der Waals surface area (Å²) in [6.45, 7) is 3.79. The maximum absolute atomic E-state index is 12.9. The molecule has 1 aliphatic heterocycles. The highest BCUT2D eigenvalue weighted by molar-refractivity contribution is 6.31. The number of halogens is 1. The number of nitrogens with zero attached hydrogens (tertiary/aromatic N) is 3. The van der Waals surface area contributed by atoms with Crippen LogP contribution in [0.5, 0.6) is 5.75 Å². The zero-order chi connectivity index (χ0) is 20.2. The zero-order valence-corrected chi connectivity index (χ0v) is 17.0. The molecular weight excluding hydrogens is 388 g/mol. The summed E-state index contributed by atoms with van der Waals surface area (Å²) < 4.78 is 5.18. The molecule has 0 unspecified atom stereocenters. The molecule has 29 heavy (non-hydrogen) atoms. The number of carbonyl (C=O) groups is 1. The maximum Gasteiger partial charge on any atom is 0.271 e. The van der Waals surface area contributed by atoms with Gasteiger partial charge in [-0.1, -0.05) is 29.8 Å². The molecule has 2 heterocycles. The summed E-state index contributed by atoms with van der Waals surface area (Å²) in [7, 11) is 1.63. The highest BCUT2D eigenvalue weighted by Crippen LogP contribution is 2.22. The number of rotatable bonds is 5. The fourth-order valence-corrected chi connectivity index (χ4v) is 3.68. The Hall–Kier alpha value is -2.83. The van der Waals surface area contributed by atoms with Gasteiger partial charge in [-0.05, 0) is 42.0 Å². The highest BCUT2D eigenvalue weighted by atomic mass is 35.5. The van der Waals surface area contributed by atoms with E-state index in [-0.39, 0.29) is 5.91 Å². The van der Waals surface area contributed by atoms with E-state index in [9.17, 15) is 4.79 Å². The third-order valence-electron chi connectivity index (χ3n) is 5.21. The van der Waals surface area contributed by atoms with Crippen LogP contribution < -0.4 is 4.74 Å². The minimum atomic E-state index is -0.0188. The van der Waals surface area contributed by atoms with Crippen LogP contribution in [0.15, 0.2) is 54.6 Å². The van der Waals surface area contributed by atoms with Crippen molar-refractivity contribution in [1.82, 2.24) is 20.0 Å². The second kappa shape index (κ2) is 8.68. The van der Waals surface area contributed by atoms with Gasteiger partial charge in [0.05, 0.1) is 12.8 Å². The number of piperazine rings is 1. The van der Waals surface area contributed by atoms with E-state index >= 15 is 0 Å². The van der Waals surface area contributed by atoms with E-state index in [1.54, 1.807) is 13.2 Å². The molecule has 4 rings (SSSR count). The van der Waals surface area contributed by atoms with Crippen LogP contribution in [0.4, 0.5) is 0 Å². The molecule has 3 aromatic rings. The normalized spacial score (nSPS) is 14.8. The Morgan fingerprint density at radius 1 is 1.10 bits per heavy atom. The van der Waals surface area contributed by atoms with Crippen molar-refractivity contribution >= 4 is 17.5 Å². The fraction of sp³-hybridized carbons (Fsp3) is 0.273. The summed E-state index contributed by atoms with van der Waals surface area (Å²) in [5.74, 6) is 0.768. The van der Waals surface area contributed by atoms with Crippen LogP contribution in [0.25, 0.3) is 11.3 Å². The number of benzene rings is 2. The minimum Gasteiger partial charge on any atom is -0.497 e. The SMILES string of the molecule is COc1ccc(-c2cc(C(=O)N3CCN(Cc4ccccc4Cl)CC3)[nH]n2)cc1. The summed E-state index contributed by atoms with van der Waals surface area (Å²) in [6.07, 6.45) is 0. The minimum absolute atomic E-state index is 0.0188. The lowest BCUT2D eigenvalue weighted by atomic mass is 10.1. The first kappa shape index (κ1) is 19.5. The molecule has 0 bridgehead atoms. The molecule has 0 spiro atoms. The van der Waals surface area contributed by atoms with E-state index in [1.807, 2.05) is 53.4 Å². The third-order valence-corrected chi connectivity index (χ3v) is 5.57. The molecule has 1 aliphatic rings. The van der Waals surface area contributed by atoms with E-state index in [0.29, 0.717) is 18.8 Å². The van der Waals surface area contributed by atoms with E-state index < -0.39 is 0 Å². The monoisotopic (exact) mass is 410 g/mol. The Morgan fingerprint density at radius 2 is 1.83 bits per heavy atom. The van der Waals surface area contributed by atoms with Crippen LogP contribution in [0, 0.1) is 0 Å². The van der Waals surface area contributed by atoms with Gasteiger partial charge in [-0.2, -0.15) is 5.10 Å². The topological polar surface area (TPSA) is 61.5 Å². The number of methoxy groups -OCH3 is 1. The summed E-state index contributed by atoms with van der Waals surface area (Å²) >= 11 is 6.26. The molecule has 150 valence electrons. The maximum atomic E-state index is 12.9. The lowest BCUT2D eigenvalue weighted by Crippen LogP contribution is -2.48. The first-order valence-corrected chi connectivity index (χ1v) is 9.97. The van der Waals surface area contributed by atoms with Crippen molar-refractivity contribution in [2.24, 2.45) is 0 Å². The van der Waals surface area contributed by atoms with Gasteiger partial charge in [-0.15, -0.1) is 0 Å². The van der Waals surface area contributed by atoms with Crippen molar-refractivity contribution in [2.45, 2.75) is 6.54 Å². The lowest BCUT2D eigenvalue weighted by molar-refractivity contribution is 0.0622. The number of aromatic nitrogens is 2. The molecule has 7 heteroatoms. The van der Waals surface area contributed by atoms with Gasteiger partial charge in [-0.25, -0.2) is 0 Å². The molecule has 1 fully saturated rings. The Morgan fingerprint density at radius 3 is 2.52 bits per heavy atom. The number of nitrogens with one attached hydrogen (secondary N) is 1. The van der Waals surface area contributed by atoms with Gasteiger partial charge in [0.1, 0.15) is 11.4 Å². The second-order valence-electron chi connectivity index (χ2n) is 7.06. The van der Waals surface area contributed by atoms with Crippen LogP contribution in [0.1, 0.15) is 16.1 Å². The molecule has 0 atom stereocenters. The summed E-state index contributed by atoms with van der Waals surface area (Å²) in [5.41, 5.74) is 3.31. The van der Waals surface area contributed by atoms with Crippen LogP contribution in [0.2, 0.25) is 5.02 Å². The van der Waals surface area contributed by atoms with E-state index in [1.165, 1.54) is 0 Å². The van der Waals surface area contributed by atoms with Crippen molar-refractivity contribution < 1.29 is 9.53 Å². The number of aromatic amines is 1. The molecule has 0 saturated carbocycles. The standard InChI is InChI=1S/C22H23ClN4O2/c1-29-18-8-6-16(7-9-18)20-14-21(25-24-20)22(28)27-12-10-26(11-13-27)15-17-4-2-3-5-19(17)23/h2-9,14H,10-13,15H2,1H3,(H,24,25). The van der Waals surface area contributed by atoms with Crippen LogP contribution >= 0.6 is 11.6 Å². The van der Waals surface area contributed by atoms with Gasteiger partial charge in [0.15, 0.2) is 0 Å². The second-order valence-corrected chi connectivity index (χ2v) is 7.46. The first-order chi connectivity index (χ1) is 14.1. The molecule has 1 saturated heterocycles. The summed E-state index contributed by atoms with van der Waals surface area (Å²) in [6, 6.07) is 17.3. The Kier molecular flexibility index (Phi) is 5.83. The van der Waals surface area contributed by atoms with Crippen LogP contribution in [0.3, 0.4) is 0 Å². The third kappa shape index (κ3) is 4.44. The average molecular weight is 411 g/mol. The van der Waals surface area contributed by atoms with Gasteiger partial charge in [0, 0.05) is 43.3 Å². The van der Waals surface area contributed by atoms with Gasteiger partial charge in [0.25, 0.3) is 5.91 Å². The summed E-state index contributed by atoms with van der Waals surface area (Å²) in [4.78, 5) is 17.0. The highest BCUT2D eigenvalue weighted by Gasteiger charge is 2.24. The molecular formula is C22H23ClN4O2. The summed E-state index contributed by atoms with van der Waals surface area (Å²) in [5, 5.41) is 7.97. The molecule has 1 N–H and O–H groups in total. The number of H-pyrrole nitrogens is 1. The number of amides is 1. The van der Waals surface area contributed by atoms with Crippen molar-refractivity contribution in [2.75, 3.05) is 33.3 Å². The predicted molar refractivity (Wildman–Crippen MR) is 113 cm³/mol. The van der Waals surface area contributed by atoms with E-state index in [2.05, 4.69) is 15.1 Å². The molecule has 0 aliphatic carbocycles. The van der Waals surface area contributed by atoms with Crippen molar-refractivity contribution in [3.8, 4) is 17.0 Å². The van der Waals surface area contributed by atoms with E-state index in [0.717, 1.165) is 47.2 Å². The Labute approximate surface area is 175 Å². The largest absolute Gasteiger partial charge is 0.497 e.